The summed E-state index contributed by atoms with van der Waals surface area (Å²) >= 11 is 3.37. The molecule has 1 saturated heterocycles. The molecule has 1 atom stereocenters. The van der Waals surface area contributed by atoms with E-state index in [1.165, 1.54) is 0 Å². The number of nitrogens with zero attached hydrogens (tertiary/aromatic N) is 3. The Labute approximate surface area is 122 Å². The molecular formula is C12H20N4OS2. The molecule has 0 bridgehead atoms. The van der Waals surface area contributed by atoms with Crippen LogP contribution < -0.4 is 10.6 Å². The highest BCUT2D eigenvalue weighted by atomic mass is 32.2. The molecule has 7 heteroatoms. The lowest BCUT2D eigenvalue weighted by molar-refractivity contribution is -0.132. The number of thiazole rings is 1. The zero-order valence-electron chi connectivity index (χ0n) is 11.1. The van der Waals surface area contributed by atoms with Gasteiger partial charge in [0.05, 0.1) is 6.04 Å². The SMILES string of the molecule is CSCCC(N)C(=O)N1CCN(c2nccs2)CC1. The molecule has 1 aromatic rings. The van der Waals surface area contributed by atoms with Gasteiger partial charge in [-0.15, -0.1) is 11.3 Å². The molecule has 106 valence electrons. The Kier molecular flexibility index (Phi) is 5.47. The van der Waals surface area contributed by atoms with Gasteiger partial charge in [0, 0.05) is 37.8 Å². The van der Waals surface area contributed by atoms with Crippen molar-refractivity contribution >= 4 is 34.1 Å². The maximum atomic E-state index is 12.2. The van der Waals surface area contributed by atoms with E-state index < -0.39 is 0 Å². The molecule has 2 heterocycles. The zero-order valence-corrected chi connectivity index (χ0v) is 12.8. The zero-order chi connectivity index (χ0) is 13.7. The predicted octanol–water partition coefficient (Wildman–Crippen LogP) is 0.872. The molecule has 0 spiro atoms. The van der Waals surface area contributed by atoms with E-state index in [0.717, 1.165) is 43.5 Å². The smallest absolute Gasteiger partial charge is 0.239 e. The van der Waals surface area contributed by atoms with Gasteiger partial charge in [0.15, 0.2) is 5.13 Å². The summed E-state index contributed by atoms with van der Waals surface area (Å²) in [6.45, 7) is 3.17. The van der Waals surface area contributed by atoms with Gasteiger partial charge in [0.1, 0.15) is 0 Å². The van der Waals surface area contributed by atoms with Crippen LogP contribution >= 0.6 is 23.1 Å². The summed E-state index contributed by atoms with van der Waals surface area (Å²) in [5, 5.41) is 3.02. The number of amides is 1. The van der Waals surface area contributed by atoms with Gasteiger partial charge in [-0.1, -0.05) is 0 Å². The number of anilines is 1. The molecule has 0 saturated carbocycles. The van der Waals surface area contributed by atoms with Crippen molar-refractivity contribution in [3.63, 3.8) is 0 Å². The summed E-state index contributed by atoms with van der Waals surface area (Å²) in [5.74, 6) is 1.03. The minimum atomic E-state index is -0.348. The van der Waals surface area contributed by atoms with E-state index in [4.69, 9.17) is 5.73 Å². The lowest BCUT2D eigenvalue weighted by atomic mass is 10.2. The Morgan fingerprint density at radius 3 is 2.84 bits per heavy atom. The molecule has 1 aliphatic rings. The van der Waals surface area contributed by atoms with E-state index in [-0.39, 0.29) is 11.9 Å². The van der Waals surface area contributed by atoms with Crippen LogP contribution in [0.4, 0.5) is 5.13 Å². The molecule has 1 fully saturated rings. The normalized spacial score (nSPS) is 17.6. The fourth-order valence-electron chi connectivity index (χ4n) is 2.09. The van der Waals surface area contributed by atoms with Crippen LogP contribution in [-0.4, -0.2) is 60.0 Å². The molecule has 1 aliphatic heterocycles. The lowest BCUT2D eigenvalue weighted by Gasteiger charge is -2.35. The molecule has 0 radical (unpaired) electrons. The monoisotopic (exact) mass is 300 g/mol. The van der Waals surface area contributed by atoms with E-state index in [9.17, 15) is 4.79 Å². The highest BCUT2D eigenvalue weighted by molar-refractivity contribution is 7.98. The molecule has 1 amide bonds. The standard InChI is InChI=1S/C12H20N4OS2/c1-18-8-2-10(13)11(17)15-4-6-16(7-5-15)12-14-3-9-19-12/h3,9-10H,2,4-8,13H2,1H3. The van der Waals surface area contributed by atoms with E-state index in [1.807, 2.05) is 22.7 Å². The summed E-state index contributed by atoms with van der Waals surface area (Å²) in [6, 6.07) is -0.348. The van der Waals surface area contributed by atoms with Gasteiger partial charge < -0.3 is 15.5 Å². The summed E-state index contributed by atoms with van der Waals surface area (Å²) in [6.07, 6.45) is 4.60. The fourth-order valence-corrected chi connectivity index (χ4v) is 3.28. The van der Waals surface area contributed by atoms with E-state index in [1.54, 1.807) is 23.1 Å². The second-order valence-electron chi connectivity index (χ2n) is 4.51. The van der Waals surface area contributed by atoms with E-state index in [2.05, 4.69) is 9.88 Å². The third-order valence-electron chi connectivity index (χ3n) is 3.23. The van der Waals surface area contributed by atoms with E-state index >= 15 is 0 Å². The predicted molar refractivity (Wildman–Crippen MR) is 81.9 cm³/mol. The molecule has 0 aliphatic carbocycles. The molecule has 1 unspecified atom stereocenters. The van der Waals surface area contributed by atoms with Gasteiger partial charge in [-0.3, -0.25) is 4.79 Å². The number of carbonyl (C=O) groups excluding carboxylic acids is 1. The van der Waals surface area contributed by atoms with Crippen molar-refractivity contribution < 1.29 is 4.79 Å². The van der Waals surface area contributed by atoms with Gasteiger partial charge in [0.2, 0.25) is 5.91 Å². The van der Waals surface area contributed by atoms with E-state index in [0.29, 0.717) is 0 Å². The average Bonchev–Trinajstić information content (AvgIpc) is 2.98. The first-order valence-electron chi connectivity index (χ1n) is 6.40. The lowest BCUT2D eigenvalue weighted by Crippen LogP contribution is -2.53. The number of carbonyl (C=O) groups is 1. The molecule has 5 nitrogen and oxygen atoms in total. The van der Waals surface area contributed by atoms with Gasteiger partial charge in [-0.05, 0) is 18.4 Å². The van der Waals surface area contributed by atoms with Gasteiger partial charge in [0.25, 0.3) is 0 Å². The number of aromatic nitrogens is 1. The molecule has 2 N–H and O–H groups in total. The van der Waals surface area contributed by atoms with Crippen LogP contribution in [0.5, 0.6) is 0 Å². The summed E-state index contributed by atoms with van der Waals surface area (Å²) in [7, 11) is 0. The number of hydrogen-bond acceptors (Lipinski definition) is 6. The van der Waals surface area contributed by atoms with Crippen molar-refractivity contribution in [1.29, 1.82) is 0 Å². The summed E-state index contributed by atoms with van der Waals surface area (Å²) < 4.78 is 0. The first-order valence-corrected chi connectivity index (χ1v) is 8.67. The van der Waals surface area contributed by atoms with Crippen LogP contribution in [0.2, 0.25) is 0 Å². The van der Waals surface area contributed by atoms with Crippen LogP contribution in [0.25, 0.3) is 0 Å². The number of piperazine rings is 1. The maximum Gasteiger partial charge on any atom is 0.239 e. The molecular weight excluding hydrogens is 280 g/mol. The van der Waals surface area contributed by atoms with Crippen molar-refractivity contribution in [2.45, 2.75) is 12.5 Å². The van der Waals surface area contributed by atoms with Crippen molar-refractivity contribution in [3.8, 4) is 0 Å². The van der Waals surface area contributed by atoms with Gasteiger partial charge in [-0.25, -0.2) is 4.98 Å². The Morgan fingerprint density at radius 2 is 2.26 bits per heavy atom. The third-order valence-corrected chi connectivity index (χ3v) is 4.71. The minimum absolute atomic E-state index is 0.0906. The number of nitrogens with two attached hydrogens (primary N) is 1. The van der Waals surface area contributed by atoms with Gasteiger partial charge in [-0.2, -0.15) is 11.8 Å². The molecule has 1 aromatic heterocycles. The maximum absolute atomic E-state index is 12.2. The van der Waals surface area contributed by atoms with Crippen LogP contribution in [0.15, 0.2) is 11.6 Å². The second-order valence-corrected chi connectivity index (χ2v) is 6.37. The Hall–Kier alpha value is -0.790. The number of thioether (sulfide) groups is 1. The molecule has 19 heavy (non-hydrogen) atoms. The fraction of sp³-hybridized carbons (Fsp3) is 0.667. The minimum Gasteiger partial charge on any atom is -0.345 e. The van der Waals surface area contributed by atoms with Crippen LogP contribution in [-0.2, 0) is 4.79 Å². The van der Waals surface area contributed by atoms with Crippen LogP contribution in [0.3, 0.4) is 0 Å². The topological polar surface area (TPSA) is 62.5 Å². The highest BCUT2D eigenvalue weighted by Gasteiger charge is 2.25. The van der Waals surface area contributed by atoms with Crippen LogP contribution in [0, 0.1) is 0 Å². The largest absolute Gasteiger partial charge is 0.345 e. The van der Waals surface area contributed by atoms with Crippen molar-refractivity contribution in [2.24, 2.45) is 5.73 Å². The molecule has 0 aromatic carbocycles. The number of hydrogen-bond donors (Lipinski definition) is 1. The summed E-state index contributed by atoms with van der Waals surface area (Å²) in [5.41, 5.74) is 5.93. The van der Waals surface area contributed by atoms with Crippen molar-refractivity contribution in [1.82, 2.24) is 9.88 Å². The number of rotatable bonds is 5. The average molecular weight is 300 g/mol. The summed E-state index contributed by atoms with van der Waals surface area (Å²) in [4.78, 5) is 20.6. The Morgan fingerprint density at radius 1 is 1.53 bits per heavy atom. The van der Waals surface area contributed by atoms with Crippen molar-refractivity contribution in [3.05, 3.63) is 11.6 Å². The second kappa shape index (κ2) is 7.12. The van der Waals surface area contributed by atoms with Gasteiger partial charge >= 0.3 is 0 Å². The first-order chi connectivity index (χ1) is 9.22. The Balaban J connectivity index is 1.81. The molecule has 2 rings (SSSR count). The first kappa shape index (κ1) is 14.6. The van der Waals surface area contributed by atoms with Crippen LogP contribution in [0.1, 0.15) is 6.42 Å². The third kappa shape index (κ3) is 3.84. The quantitative estimate of drug-likeness (QED) is 0.874. The highest BCUT2D eigenvalue weighted by Crippen LogP contribution is 2.19. The van der Waals surface area contributed by atoms with Crippen molar-refractivity contribution in [2.75, 3.05) is 43.1 Å². The Bertz CT molecular complexity index is 390.